The molecule has 2 N–H and O–H groups in total. The van der Waals surface area contributed by atoms with E-state index in [-0.39, 0.29) is 18.6 Å². The van der Waals surface area contributed by atoms with Crippen molar-refractivity contribution < 1.29 is 9.53 Å². The number of hydrogen-bond acceptors (Lipinski definition) is 3. The van der Waals surface area contributed by atoms with Crippen LogP contribution in [0.3, 0.4) is 0 Å². The average molecular weight is 243 g/mol. The molecule has 94 valence electrons. The quantitative estimate of drug-likeness (QED) is 0.838. The van der Waals surface area contributed by atoms with Crippen LogP contribution in [0, 0.1) is 0 Å². The van der Waals surface area contributed by atoms with Crippen molar-refractivity contribution in [3.8, 4) is 0 Å². The zero-order chi connectivity index (χ0) is 13.0. The standard InChI is InChI=1S/C15H17NO2/c1-11(18-15(17)10-16)8-12-6-7-13-4-2-3-5-14(13)9-12/h2-7,9,11H,8,10,16H2,1H3. The van der Waals surface area contributed by atoms with Gasteiger partial charge in [0.15, 0.2) is 0 Å². The van der Waals surface area contributed by atoms with Crippen LogP contribution >= 0.6 is 0 Å². The van der Waals surface area contributed by atoms with Gasteiger partial charge in [-0.25, -0.2) is 0 Å². The maximum atomic E-state index is 11.1. The summed E-state index contributed by atoms with van der Waals surface area (Å²) in [5.41, 5.74) is 6.37. The molecule has 0 fully saturated rings. The van der Waals surface area contributed by atoms with Gasteiger partial charge in [0, 0.05) is 6.42 Å². The summed E-state index contributed by atoms with van der Waals surface area (Å²) < 4.78 is 5.15. The van der Waals surface area contributed by atoms with E-state index in [1.807, 2.05) is 19.1 Å². The molecule has 0 radical (unpaired) electrons. The van der Waals surface area contributed by atoms with Gasteiger partial charge >= 0.3 is 5.97 Å². The Balaban J connectivity index is 2.09. The van der Waals surface area contributed by atoms with Gasteiger partial charge in [-0.15, -0.1) is 0 Å². The molecule has 2 rings (SSSR count). The molecule has 0 saturated carbocycles. The Morgan fingerprint density at radius 1 is 1.22 bits per heavy atom. The van der Waals surface area contributed by atoms with Crippen LogP contribution in [0.25, 0.3) is 10.8 Å². The third kappa shape index (κ3) is 3.08. The normalized spacial score (nSPS) is 12.3. The van der Waals surface area contributed by atoms with Gasteiger partial charge in [0.1, 0.15) is 6.10 Å². The van der Waals surface area contributed by atoms with Crippen molar-refractivity contribution >= 4 is 16.7 Å². The SMILES string of the molecule is CC(Cc1ccc2ccccc2c1)OC(=O)CN. The molecular weight excluding hydrogens is 226 g/mol. The Morgan fingerprint density at radius 3 is 2.67 bits per heavy atom. The first kappa shape index (κ1) is 12.6. The number of ether oxygens (including phenoxy) is 1. The molecule has 3 heteroatoms. The van der Waals surface area contributed by atoms with E-state index < -0.39 is 0 Å². The molecule has 3 nitrogen and oxygen atoms in total. The van der Waals surface area contributed by atoms with E-state index in [1.165, 1.54) is 10.8 Å². The topological polar surface area (TPSA) is 52.3 Å². The first-order valence-corrected chi connectivity index (χ1v) is 6.06. The van der Waals surface area contributed by atoms with Crippen LogP contribution in [0.5, 0.6) is 0 Å². The smallest absolute Gasteiger partial charge is 0.319 e. The van der Waals surface area contributed by atoms with Crippen LogP contribution in [0.1, 0.15) is 12.5 Å². The van der Waals surface area contributed by atoms with Crippen LogP contribution in [0.2, 0.25) is 0 Å². The lowest BCUT2D eigenvalue weighted by Gasteiger charge is -2.13. The highest BCUT2D eigenvalue weighted by Gasteiger charge is 2.08. The summed E-state index contributed by atoms with van der Waals surface area (Å²) >= 11 is 0. The van der Waals surface area contributed by atoms with Crippen LogP contribution in [0.15, 0.2) is 42.5 Å². The fraction of sp³-hybridized carbons (Fsp3) is 0.267. The van der Waals surface area contributed by atoms with E-state index in [0.29, 0.717) is 6.42 Å². The van der Waals surface area contributed by atoms with Crippen molar-refractivity contribution in [1.29, 1.82) is 0 Å². The second-order valence-electron chi connectivity index (χ2n) is 4.39. The monoisotopic (exact) mass is 243 g/mol. The van der Waals surface area contributed by atoms with Crippen LogP contribution in [-0.4, -0.2) is 18.6 Å². The summed E-state index contributed by atoms with van der Waals surface area (Å²) in [7, 11) is 0. The molecule has 0 bridgehead atoms. The predicted molar refractivity (Wildman–Crippen MR) is 72.3 cm³/mol. The molecule has 1 unspecified atom stereocenters. The molecule has 0 aliphatic carbocycles. The lowest BCUT2D eigenvalue weighted by Crippen LogP contribution is -2.23. The van der Waals surface area contributed by atoms with Crippen molar-refractivity contribution in [2.75, 3.05) is 6.54 Å². The highest BCUT2D eigenvalue weighted by atomic mass is 16.5. The van der Waals surface area contributed by atoms with Crippen molar-refractivity contribution in [3.05, 3.63) is 48.0 Å². The minimum absolute atomic E-state index is 0.0674. The molecule has 0 amide bonds. The number of esters is 1. The molecule has 0 heterocycles. The maximum absolute atomic E-state index is 11.1. The molecule has 0 aliphatic rings. The number of fused-ring (bicyclic) bond motifs is 1. The molecule has 2 aromatic rings. The van der Waals surface area contributed by atoms with Crippen molar-refractivity contribution in [3.63, 3.8) is 0 Å². The van der Waals surface area contributed by atoms with Gasteiger partial charge in [-0.3, -0.25) is 4.79 Å². The van der Waals surface area contributed by atoms with E-state index in [1.54, 1.807) is 0 Å². The van der Waals surface area contributed by atoms with Crippen molar-refractivity contribution in [2.45, 2.75) is 19.4 Å². The largest absolute Gasteiger partial charge is 0.461 e. The fourth-order valence-electron chi connectivity index (χ4n) is 2.01. The van der Waals surface area contributed by atoms with E-state index in [4.69, 9.17) is 10.5 Å². The molecular formula is C15H17NO2. The molecule has 0 spiro atoms. The van der Waals surface area contributed by atoms with Crippen LogP contribution < -0.4 is 5.73 Å². The van der Waals surface area contributed by atoms with E-state index in [0.717, 1.165) is 5.56 Å². The number of carbonyl (C=O) groups is 1. The zero-order valence-corrected chi connectivity index (χ0v) is 10.4. The highest BCUT2D eigenvalue weighted by Crippen LogP contribution is 2.17. The van der Waals surface area contributed by atoms with Crippen molar-refractivity contribution in [1.82, 2.24) is 0 Å². The minimum atomic E-state index is -0.358. The second kappa shape index (κ2) is 5.65. The Morgan fingerprint density at radius 2 is 1.94 bits per heavy atom. The maximum Gasteiger partial charge on any atom is 0.319 e. The summed E-state index contributed by atoms with van der Waals surface area (Å²) in [5.74, 6) is -0.358. The van der Waals surface area contributed by atoms with E-state index in [2.05, 4.69) is 30.3 Å². The number of carbonyl (C=O) groups excluding carboxylic acids is 1. The lowest BCUT2D eigenvalue weighted by molar-refractivity contribution is -0.146. The number of hydrogen-bond donors (Lipinski definition) is 1. The first-order chi connectivity index (χ1) is 8.69. The van der Waals surface area contributed by atoms with Gasteiger partial charge in [-0.2, -0.15) is 0 Å². The number of rotatable bonds is 4. The van der Waals surface area contributed by atoms with Gasteiger partial charge in [0.25, 0.3) is 0 Å². The summed E-state index contributed by atoms with van der Waals surface area (Å²) in [4.78, 5) is 11.1. The number of nitrogens with two attached hydrogens (primary N) is 1. The Labute approximate surface area is 107 Å². The molecule has 0 saturated heterocycles. The number of benzene rings is 2. The predicted octanol–water partition coefficient (Wildman–Crippen LogP) is 2.27. The third-order valence-electron chi connectivity index (χ3n) is 2.84. The van der Waals surface area contributed by atoms with Crippen LogP contribution in [-0.2, 0) is 16.0 Å². The Hall–Kier alpha value is -1.87. The summed E-state index contributed by atoms with van der Waals surface area (Å²) in [5, 5.41) is 2.42. The molecule has 0 aromatic heterocycles. The summed E-state index contributed by atoms with van der Waals surface area (Å²) in [6.07, 6.45) is 0.554. The first-order valence-electron chi connectivity index (χ1n) is 6.06. The Bertz CT molecular complexity index is 551. The van der Waals surface area contributed by atoms with Crippen LogP contribution in [0.4, 0.5) is 0 Å². The lowest BCUT2D eigenvalue weighted by atomic mass is 10.0. The van der Waals surface area contributed by atoms with Gasteiger partial charge < -0.3 is 10.5 Å². The minimum Gasteiger partial charge on any atom is -0.461 e. The van der Waals surface area contributed by atoms with Gasteiger partial charge in [0.05, 0.1) is 6.54 Å². The van der Waals surface area contributed by atoms with Gasteiger partial charge in [-0.1, -0.05) is 42.5 Å². The summed E-state index contributed by atoms with van der Waals surface area (Å²) in [6, 6.07) is 14.5. The highest BCUT2D eigenvalue weighted by molar-refractivity contribution is 5.83. The van der Waals surface area contributed by atoms with E-state index in [9.17, 15) is 4.79 Å². The fourth-order valence-corrected chi connectivity index (χ4v) is 2.01. The average Bonchev–Trinajstić information content (AvgIpc) is 2.38. The zero-order valence-electron chi connectivity index (χ0n) is 10.4. The summed E-state index contributed by atoms with van der Waals surface area (Å²) in [6.45, 7) is 1.81. The molecule has 0 aliphatic heterocycles. The van der Waals surface area contributed by atoms with Gasteiger partial charge in [-0.05, 0) is 23.3 Å². The van der Waals surface area contributed by atoms with E-state index >= 15 is 0 Å². The molecule has 18 heavy (non-hydrogen) atoms. The molecule has 1 atom stereocenters. The van der Waals surface area contributed by atoms with Crippen molar-refractivity contribution in [2.24, 2.45) is 5.73 Å². The molecule has 2 aromatic carbocycles. The third-order valence-corrected chi connectivity index (χ3v) is 2.84. The van der Waals surface area contributed by atoms with Gasteiger partial charge in [0.2, 0.25) is 0 Å². The Kier molecular flexibility index (Phi) is 3.95. The second-order valence-corrected chi connectivity index (χ2v) is 4.39.